The van der Waals surface area contributed by atoms with E-state index < -0.39 is 0 Å². The van der Waals surface area contributed by atoms with Crippen LogP contribution in [-0.4, -0.2) is 31.7 Å². The van der Waals surface area contributed by atoms with Gasteiger partial charge in [0.2, 0.25) is 0 Å². The maximum Gasteiger partial charge on any atom is 0.307 e. The van der Waals surface area contributed by atoms with Crippen molar-refractivity contribution in [2.24, 2.45) is 0 Å². The molecule has 2 N–H and O–H groups in total. The molecule has 1 unspecified atom stereocenters. The SMILES string of the molecule is CCC(C)NC[C@H](CC(=O)OC)Nc1ccc(C#N)c(Cl)c1. The Bertz CT molecular complexity index is 543. The smallest absolute Gasteiger partial charge is 0.307 e. The number of carbonyl (C=O) groups excluding carboxylic acids is 1. The van der Waals surface area contributed by atoms with Crippen molar-refractivity contribution >= 4 is 23.3 Å². The van der Waals surface area contributed by atoms with Crippen molar-refractivity contribution in [3.8, 4) is 6.07 Å². The van der Waals surface area contributed by atoms with Gasteiger partial charge in [0, 0.05) is 24.3 Å². The molecule has 0 aliphatic carbocycles. The lowest BCUT2D eigenvalue weighted by atomic mass is 10.1. The summed E-state index contributed by atoms with van der Waals surface area (Å²) in [6, 6.07) is 7.38. The standard InChI is InChI=1S/C16H22ClN3O2/c1-4-11(2)19-10-14(8-16(21)22-3)20-13-6-5-12(9-18)15(17)7-13/h5-7,11,14,19-20H,4,8,10H2,1-3H3/t11?,14-/m0/s1. The van der Waals surface area contributed by atoms with E-state index in [9.17, 15) is 4.79 Å². The minimum Gasteiger partial charge on any atom is -0.469 e. The first-order valence-corrected chi connectivity index (χ1v) is 7.64. The molecule has 1 aromatic carbocycles. The van der Waals surface area contributed by atoms with Crippen molar-refractivity contribution in [1.82, 2.24) is 5.32 Å². The summed E-state index contributed by atoms with van der Waals surface area (Å²) in [5, 5.41) is 15.9. The van der Waals surface area contributed by atoms with E-state index in [4.69, 9.17) is 21.6 Å². The summed E-state index contributed by atoms with van der Waals surface area (Å²) in [5.74, 6) is -0.275. The van der Waals surface area contributed by atoms with Gasteiger partial charge < -0.3 is 15.4 Å². The van der Waals surface area contributed by atoms with Gasteiger partial charge in [-0.25, -0.2) is 0 Å². The molecule has 2 atom stereocenters. The summed E-state index contributed by atoms with van der Waals surface area (Å²) in [6.45, 7) is 4.82. The van der Waals surface area contributed by atoms with Crippen molar-refractivity contribution in [1.29, 1.82) is 5.26 Å². The largest absolute Gasteiger partial charge is 0.469 e. The summed E-state index contributed by atoms with van der Waals surface area (Å²) in [4.78, 5) is 11.5. The number of carbonyl (C=O) groups is 1. The van der Waals surface area contributed by atoms with E-state index in [2.05, 4.69) is 24.5 Å². The lowest BCUT2D eigenvalue weighted by molar-refractivity contribution is -0.140. The lowest BCUT2D eigenvalue weighted by Crippen LogP contribution is -2.38. The van der Waals surface area contributed by atoms with Crippen molar-refractivity contribution in [3.05, 3.63) is 28.8 Å². The van der Waals surface area contributed by atoms with Crippen LogP contribution in [0.15, 0.2) is 18.2 Å². The minimum atomic E-state index is -0.275. The fraction of sp³-hybridized carbons (Fsp3) is 0.500. The number of benzene rings is 1. The Kier molecular flexibility index (Phi) is 7.72. The van der Waals surface area contributed by atoms with Crippen molar-refractivity contribution in [2.45, 2.75) is 38.8 Å². The molecule has 0 aliphatic rings. The molecule has 0 bridgehead atoms. The fourth-order valence-corrected chi connectivity index (χ4v) is 2.10. The van der Waals surface area contributed by atoms with E-state index in [1.54, 1.807) is 18.2 Å². The predicted octanol–water partition coefficient (Wildman–Crippen LogP) is 2.94. The van der Waals surface area contributed by atoms with Crippen LogP contribution in [0.25, 0.3) is 0 Å². The normalized spacial score (nSPS) is 13.0. The number of anilines is 1. The lowest BCUT2D eigenvalue weighted by Gasteiger charge is -2.22. The molecule has 0 radical (unpaired) electrons. The van der Waals surface area contributed by atoms with Crippen LogP contribution in [0.2, 0.25) is 5.02 Å². The third-order valence-electron chi connectivity index (χ3n) is 3.43. The van der Waals surface area contributed by atoms with Gasteiger partial charge in [0.05, 0.1) is 24.1 Å². The molecule has 0 amide bonds. The summed E-state index contributed by atoms with van der Waals surface area (Å²) in [7, 11) is 1.38. The number of ether oxygens (including phenoxy) is 1. The number of hydrogen-bond acceptors (Lipinski definition) is 5. The zero-order chi connectivity index (χ0) is 16.5. The van der Waals surface area contributed by atoms with Gasteiger partial charge >= 0.3 is 5.97 Å². The molecule has 0 aromatic heterocycles. The van der Waals surface area contributed by atoms with Crippen molar-refractivity contribution in [3.63, 3.8) is 0 Å². The number of nitriles is 1. The second-order valence-electron chi connectivity index (χ2n) is 5.15. The molecule has 22 heavy (non-hydrogen) atoms. The first-order chi connectivity index (χ1) is 10.5. The third-order valence-corrected chi connectivity index (χ3v) is 3.74. The minimum absolute atomic E-state index is 0.120. The van der Waals surface area contributed by atoms with Crippen molar-refractivity contribution < 1.29 is 9.53 Å². The topological polar surface area (TPSA) is 74.2 Å². The maximum atomic E-state index is 11.5. The summed E-state index contributed by atoms with van der Waals surface area (Å²) in [6.07, 6.45) is 1.26. The van der Waals surface area contributed by atoms with Crippen molar-refractivity contribution in [2.75, 3.05) is 19.0 Å². The van der Waals surface area contributed by atoms with Gasteiger partial charge in [-0.2, -0.15) is 5.26 Å². The van der Waals surface area contributed by atoms with Crippen LogP contribution in [0.4, 0.5) is 5.69 Å². The Balaban J connectivity index is 2.76. The number of esters is 1. The number of nitrogens with zero attached hydrogens (tertiary/aromatic N) is 1. The maximum absolute atomic E-state index is 11.5. The number of nitrogens with one attached hydrogen (secondary N) is 2. The predicted molar refractivity (Wildman–Crippen MR) is 88.0 cm³/mol. The first-order valence-electron chi connectivity index (χ1n) is 7.26. The highest BCUT2D eigenvalue weighted by Gasteiger charge is 2.15. The average Bonchev–Trinajstić information content (AvgIpc) is 2.52. The van der Waals surface area contributed by atoms with Gasteiger partial charge in [0.15, 0.2) is 0 Å². The van der Waals surface area contributed by atoms with E-state index in [1.807, 2.05) is 6.07 Å². The molecule has 5 nitrogen and oxygen atoms in total. The third kappa shape index (κ3) is 5.92. The highest BCUT2D eigenvalue weighted by atomic mass is 35.5. The summed E-state index contributed by atoms with van der Waals surface area (Å²) in [5.41, 5.74) is 1.19. The van der Waals surface area contributed by atoms with Gasteiger partial charge in [-0.05, 0) is 31.5 Å². The summed E-state index contributed by atoms with van der Waals surface area (Å²) < 4.78 is 4.74. The Morgan fingerprint density at radius 3 is 2.77 bits per heavy atom. The van der Waals surface area contributed by atoms with Crippen LogP contribution in [0, 0.1) is 11.3 Å². The molecular weight excluding hydrogens is 302 g/mol. The average molecular weight is 324 g/mol. The molecular formula is C16H22ClN3O2. The molecule has 0 heterocycles. The van der Waals surface area contributed by atoms with Crippen LogP contribution in [-0.2, 0) is 9.53 Å². The van der Waals surface area contributed by atoms with Gasteiger partial charge in [-0.3, -0.25) is 4.79 Å². The van der Waals surface area contributed by atoms with E-state index in [0.717, 1.165) is 12.1 Å². The fourth-order valence-electron chi connectivity index (χ4n) is 1.88. The number of methoxy groups -OCH3 is 1. The second kappa shape index (κ2) is 9.29. The van der Waals surface area contributed by atoms with Gasteiger partial charge in [-0.15, -0.1) is 0 Å². The van der Waals surface area contributed by atoms with Crippen LogP contribution in [0.5, 0.6) is 0 Å². The van der Waals surface area contributed by atoms with E-state index >= 15 is 0 Å². The van der Waals surface area contributed by atoms with E-state index in [1.165, 1.54) is 7.11 Å². The molecule has 6 heteroatoms. The Morgan fingerprint density at radius 1 is 1.50 bits per heavy atom. The number of hydrogen-bond donors (Lipinski definition) is 2. The van der Waals surface area contributed by atoms with Crippen LogP contribution in [0.3, 0.4) is 0 Å². The Labute approximate surface area is 136 Å². The molecule has 1 aromatic rings. The van der Waals surface area contributed by atoms with Gasteiger partial charge in [0.1, 0.15) is 6.07 Å². The highest BCUT2D eigenvalue weighted by Crippen LogP contribution is 2.21. The molecule has 0 saturated heterocycles. The Hall–Kier alpha value is -1.77. The van der Waals surface area contributed by atoms with Crippen LogP contribution < -0.4 is 10.6 Å². The molecule has 120 valence electrons. The zero-order valence-corrected chi connectivity index (χ0v) is 13.9. The molecule has 0 spiro atoms. The zero-order valence-electron chi connectivity index (χ0n) is 13.1. The number of halogens is 1. The second-order valence-corrected chi connectivity index (χ2v) is 5.55. The Morgan fingerprint density at radius 2 is 2.23 bits per heavy atom. The molecule has 0 fully saturated rings. The molecule has 0 aliphatic heterocycles. The van der Waals surface area contributed by atoms with E-state index in [-0.39, 0.29) is 18.4 Å². The highest BCUT2D eigenvalue weighted by molar-refractivity contribution is 6.32. The number of rotatable bonds is 8. The van der Waals surface area contributed by atoms with Gasteiger partial charge in [0.25, 0.3) is 0 Å². The monoisotopic (exact) mass is 323 g/mol. The first kappa shape index (κ1) is 18.3. The molecule has 1 rings (SSSR count). The molecule has 0 saturated carbocycles. The quantitative estimate of drug-likeness (QED) is 0.719. The van der Waals surface area contributed by atoms with Crippen LogP contribution >= 0.6 is 11.6 Å². The van der Waals surface area contributed by atoms with Gasteiger partial charge in [-0.1, -0.05) is 18.5 Å². The van der Waals surface area contributed by atoms with Crippen LogP contribution in [0.1, 0.15) is 32.3 Å². The summed E-state index contributed by atoms with van der Waals surface area (Å²) >= 11 is 6.03. The van der Waals surface area contributed by atoms with E-state index in [0.29, 0.717) is 23.2 Å².